The van der Waals surface area contributed by atoms with E-state index in [1.165, 1.54) is 22.3 Å². The van der Waals surface area contributed by atoms with Gasteiger partial charge in [-0.15, -0.1) is 0 Å². The van der Waals surface area contributed by atoms with Crippen molar-refractivity contribution in [3.63, 3.8) is 0 Å². The molecule has 2 aliphatic rings. The van der Waals surface area contributed by atoms with Crippen molar-refractivity contribution in [2.75, 3.05) is 0 Å². The lowest BCUT2D eigenvalue weighted by Gasteiger charge is -2.32. The second-order valence-corrected chi connectivity index (χ2v) is 14.7. The van der Waals surface area contributed by atoms with Gasteiger partial charge in [0.1, 0.15) is 0 Å². The van der Waals surface area contributed by atoms with Crippen LogP contribution in [0.15, 0.2) is 157 Å². The van der Waals surface area contributed by atoms with Crippen LogP contribution in [0.4, 0.5) is 11.4 Å². The van der Waals surface area contributed by atoms with Crippen LogP contribution in [0.1, 0.15) is 57.1 Å². The van der Waals surface area contributed by atoms with E-state index in [-0.39, 0.29) is 22.7 Å². The molecule has 0 amide bonds. The van der Waals surface area contributed by atoms with Gasteiger partial charge in [-0.05, 0) is 86.2 Å². The van der Waals surface area contributed by atoms with Crippen LogP contribution >= 0.6 is 0 Å². The number of fused-ring (bicyclic) bond motifs is 2. The van der Waals surface area contributed by atoms with Crippen molar-refractivity contribution in [3.8, 4) is 5.69 Å². The molecule has 1 aromatic heterocycles. The van der Waals surface area contributed by atoms with Crippen molar-refractivity contribution in [1.82, 2.24) is 9.14 Å². The van der Waals surface area contributed by atoms with E-state index in [4.69, 9.17) is 0 Å². The highest BCUT2D eigenvalue weighted by molar-refractivity contribution is 6.48. The third-order valence-corrected chi connectivity index (χ3v) is 11.0. The van der Waals surface area contributed by atoms with Crippen molar-refractivity contribution in [2.24, 2.45) is 0 Å². The molecule has 0 N–H and O–H groups in total. The Morgan fingerprint density at radius 2 is 1.13 bits per heavy atom. The molecule has 54 heavy (non-hydrogen) atoms. The predicted molar refractivity (Wildman–Crippen MR) is 220 cm³/mol. The van der Waals surface area contributed by atoms with Gasteiger partial charge in [-0.2, -0.15) is 4.58 Å². The fraction of sp³-hybridized carbons (Fsp3) is 0.120. The van der Waals surface area contributed by atoms with E-state index in [9.17, 15) is 9.90 Å². The van der Waals surface area contributed by atoms with E-state index in [0.29, 0.717) is 0 Å². The Balaban J connectivity index is 1.14. The number of hydrogen-bond acceptors (Lipinski definition) is 2. The lowest BCUT2D eigenvalue weighted by atomic mass is 9.78. The van der Waals surface area contributed by atoms with Crippen molar-refractivity contribution >= 4 is 44.9 Å². The van der Waals surface area contributed by atoms with Gasteiger partial charge in [0.2, 0.25) is 11.4 Å². The van der Waals surface area contributed by atoms with Crippen LogP contribution in [-0.2, 0) is 17.6 Å². The summed E-state index contributed by atoms with van der Waals surface area (Å²) in [5.74, 6) is -0.382. The van der Waals surface area contributed by atoms with Gasteiger partial charge in [0.05, 0.1) is 16.7 Å². The van der Waals surface area contributed by atoms with Crippen molar-refractivity contribution in [3.05, 3.63) is 207 Å². The Bertz CT molecular complexity index is 2730. The maximum atomic E-state index is 14.5. The largest absolute Gasteiger partial charge is 0.871 e. The van der Waals surface area contributed by atoms with E-state index < -0.39 is 0 Å². The summed E-state index contributed by atoms with van der Waals surface area (Å²) < 4.78 is 4.37. The van der Waals surface area contributed by atoms with Gasteiger partial charge in [-0.1, -0.05) is 114 Å². The number of hydrogen-bond donors (Lipinski definition) is 0. The fourth-order valence-electron chi connectivity index (χ4n) is 8.40. The van der Waals surface area contributed by atoms with E-state index >= 15 is 0 Å². The molecule has 7 aromatic rings. The van der Waals surface area contributed by atoms with Gasteiger partial charge in [0.15, 0.2) is 11.5 Å². The summed E-state index contributed by atoms with van der Waals surface area (Å²) in [6.45, 7) is 8.15. The molecule has 4 heteroatoms. The minimum atomic E-state index is -0.191. The van der Waals surface area contributed by atoms with Gasteiger partial charge in [0.25, 0.3) is 0 Å². The summed E-state index contributed by atoms with van der Waals surface area (Å²) in [6, 6.07) is 50.7. The molecule has 0 atom stereocenters. The SMILES string of the molecule is CC1=[N+](c2ccc(Cc3ccccc3)cc2)c2ccc(C)cc2/C1=C1/C(=O)C(c2c(C)n(-c3ccc(Cc4ccccc4)cc3)c3ccc(C)cc23)=C1[O-]. The first-order valence-electron chi connectivity index (χ1n) is 18.6. The maximum absolute atomic E-state index is 14.5. The summed E-state index contributed by atoms with van der Waals surface area (Å²) in [5.41, 5.74) is 15.8. The number of rotatable bonds is 7. The van der Waals surface area contributed by atoms with E-state index in [1.54, 1.807) is 0 Å². The lowest BCUT2D eigenvalue weighted by molar-refractivity contribution is -0.297. The topological polar surface area (TPSA) is 48.1 Å². The molecule has 2 heterocycles. The molecule has 6 aromatic carbocycles. The minimum absolute atomic E-state index is 0.191. The second-order valence-electron chi connectivity index (χ2n) is 14.7. The summed E-state index contributed by atoms with van der Waals surface area (Å²) in [7, 11) is 0. The molecule has 4 nitrogen and oxygen atoms in total. The Morgan fingerprint density at radius 1 is 0.574 bits per heavy atom. The van der Waals surface area contributed by atoms with Crippen molar-refractivity contribution in [1.29, 1.82) is 0 Å². The first-order valence-corrected chi connectivity index (χ1v) is 18.6. The molecule has 0 spiro atoms. The molecule has 0 fully saturated rings. The van der Waals surface area contributed by atoms with Crippen LogP contribution < -0.4 is 9.68 Å². The minimum Gasteiger partial charge on any atom is -0.871 e. The molecule has 0 radical (unpaired) electrons. The molecule has 9 rings (SSSR count). The summed E-state index contributed by atoms with van der Waals surface area (Å²) in [6.07, 6.45) is 1.71. The van der Waals surface area contributed by atoms with Crippen molar-refractivity contribution < 1.29 is 9.90 Å². The zero-order valence-electron chi connectivity index (χ0n) is 31.0. The van der Waals surface area contributed by atoms with Crippen LogP contribution in [0.2, 0.25) is 0 Å². The van der Waals surface area contributed by atoms with Gasteiger partial charge in [-0.3, -0.25) is 4.79 Å². The quantitative estimate of drug-likeness (QED) is 0.123. The number of carbonyl (C=O) groups excluding carboxylic acids is 1. The van der Waals surface area contributed by atoms with Crippen LogP contribution in [0.5, 0.6) is 0 Å². The van der Waals surface area contributed by atoms with Crippen LogP contribution in [0.25, 0.3) is 27.7 Å². The number of ketones is 1. The molecular weight excluding hydrogens is 661 g/mol. The van der Waals surface area contributed by atoms with Gasteiger partial charge < -0.3 is 9.67 Å². The second kappa shape index (κ2) is 13.2. The number of nitrogens with zero attached hydrogens (tertiary/aromatic N) is 2. The van der Waals surface area contributed by atoms with Crippen molar-refractivity contribution in [2.45, 2.75) is 40.5 Å². The summed E-state index contributed by atoms with van der Waals surface area (Å²) >= 11 is 0. The highest BCUT2D eigenvalue weighted by Gasteiger charge is 2.42. The zero-order chi connectivity index (χ0) is 37.1. The average Bonchev–Trinajstić information content (AvgIpc) is 3.61. The summed E-state index contributed by atoms with van der Waals surface area (Å²) in [4.78, 5) is 14.5. The van der Waals surface area contributed by atoms with Crippen LogP contribution in [0, 0.1) is 20.8 Å². The number of Topliss-reactive ketones (excluding diaryl/α,β-unsaturated/α-hetero) is 1. The number of aryl methyl sites for hydroxylation is 2. The molecule has 1 aliphatic heterocycles. The third-order valence-electron chi connectivity index (χ3n) is 11.0. The average molecular weight is 701 g/mol. The monoisotopic (exact) mass is 700 g/mol. The Labute approximate surface area is 316 Å². The van der Waals surface area contributed by atoms with Gasteiger partial charge in [0, 0.05) is 58.6 Å². The first-order chi connectivity index (χ1) is 26.3. The zero-order valence-corrected chi connectivity index (χ0v) is 31.0. The summed E-state index contributed by atoms with van der Waals surface area (Å²) in [5, 5.41) is 15.5. The Hall–Kier alpha value is -6.52. The highest BCUT2D eigenvalue weighted by Crippen LogP contribution is 2.48. The molecule has 262 valence electrons. The molecule has 0 saturated heterocycles. The Kier molecular flexibility index (Phi) is 8.12. The molecule has 0 unspecified atom stereocenters. The third kappa shape index (κ3) is 5.54. The fourth-order valence-corrected chi connectivity index (χ4v) is 8.40. The van der Waals surface area contributed by atoms with E-state index in [0.717, 1.165) is 80.0 Å². The number of aromatic nitrogens is 1. The lowest BCUT2D eigenvalue weighted by Crippen LogP contribution is -2.31. The number of carbonyl (C=O) groups is 1. The van der Waals surface area contributed by atoms with Crippen LogP contribution in [-0.4, -0.2) is 16.1 Å². The standard InChI is InChI=1S/C50H40N2O2/c1-31-15-25-43-41(27-31)45(33(3)51(43)39-21-17-37(18-22-39)29-35-11-7-5-8-12-35)47-49(53)48(50(47)54)46-34(4)52(44-26-16-32(2)28-42(44)46)40-23-19-38(20-24-40)30-36-13-9-6-10-14-36/h5-28H,29-30H2,1-4H3. The molecule has 1 aliphatic carbocycles. The smallest absolute Gasteiger partial charge is 0.219 e. The number of allylic oxidation sites excluding steroid dienone is 3. The number of benzene rings is 6. The van der Waals surface area contributed by atoms with E-state index in [2.05, 4.69) is 156 Å². The van der Waals surface area contributed by atoms with Gasteiger partial charge >= 0.3 is 0 Å². The maximum Gasteiger partial charge on any atom is 0.219 e. The molecule has 0 bridgehead atoms. The van der Waals surface area contributed by atoms with Gasteiger partial charge in [-0.25, -0.2) is 0 Å². The van der Waals surface area contributed by atoms with E-state index in [1.807, 2.05) is 26.0 Å². The normalized spacial score (nSPS) is 15.3. The highest BCUT2D eigenvalue weighted by atomic mass is 16.3. The molecular formula is C50H40N2O2. The predicted octanol–water partition coefficient (Wildman–Crippen LogP) is 10.2. The first kappa shape index (κ1) is 33.3. The molecule has 0 saturated carbocycles. The Morgan fingerprint density at radius 3 is 1.74 bits per heavy atom. The van der Waals surface area contributed by atoms with Crippen LogP contribution in [0.3, 0.4) is 0 Å².